The molecule has 0 saturated heterocycles. The summed E-state index contributed by atoms with van der Waals surface area (Å²) in [6.45, 7) is 11.9. The van der Waals surface area contributed by atoms with Gasteiger partial charge in [0, 0.05) is 17.9 Å². The third-order valence-electron chi connectivity index (χ3n) is 2.23. The summed E-state index contributed by atoms with van der Waals surface area (Å²) in [5.74, 6) is 0. The minimum atomic E-state index is 0.131. The van der Waals surface area contributed by atoms with Crippen molar-refractivity contribution in [1.82, 2.24) is 15.5 Å². The summed E-state index contributed by atoms with van der Waals surface area (Å²) in [6, 6.07) is 0.569. The van der Waals surface area contributed by atoms with E-state index in [-0.39, 0.29) is 5.41 Å². The first-order valence-electron chi connectivity index (χ1n) is 5.96. The van der Waals surface area contributed by atoms with Crippen molar-refractivity contribution in [3.63, 3.8) is 0 Å². The summed E-state index contributed by atoms with van der Waals surface area (Å²) in [5, 5.41) is 14.2. The number of aromatic nitrogens is 2. The Morgan fingerprint density at radius 3 is 2.44 bits per heavy atom. The second kappa shape index (κ2) is 5.73. The van der Waals surface area contributed by atoms with Crippen LogP contribution in [-0.4, -0.2) is 22.8 Å². The van der Waals surface area contributed by atoms with Crippen LogP contribution >= 0.6 is 11.3 Å². The van der Waals surface area contributed by atoms with Crippen molar-refractivity contribution < 1.29 is 0 Å². The van der Waals surface area contributed by atoms with Crippen molar-refractivity contribution >= 4 is 11.3 Å². The molecule has 3 nitrogen and oxygen atoms in total. The van der Waals surface area contributed by atoms with Gasteiger partial charge in [0.15, 0.2) is 0 Å². The highest BCUT2D eigenvalue weighted by Gasteiger charge is 2.18. The first kappa shape index (κ1) is 13.6. The Labute approximate surface area is 103 Å². The van der Waals surface area contributed by atoms with Crippen LogP contribution in [0.5, 0.6) is 0 Å². The fourth-order valence-corrected chi connectivity index (χ4v) is 2.23. The maximum absolute atomic E-state index is 4.25. The topological polar surface area (TPSA) is 37.8 Å². The van der Waals surface area contributed by atoms with Crippen LogP contribution in [0.15, 0.2) is 0 Å². The molecule has 92 valence electrons. The molecule has 4 heteroatoms. The van der Waals surface area contributed by atoms with Crippen LogP contribution < -0.4 is 5.32 Å². The fraction of sp³-hybridized carbons (Fsp3) is 0.833. The van der Waals surface area contributed by atoms with Crippen molar-refractivity contribution in [3.8, 4) is 0 Å². The maximum atomic E-state index is 4.25. The van der Waals surface area contributed by atoms with Crippen molar-refractivity contribution in [2.75, 3.05) is 6.54 Å². The molecular formula is C12H23N3S. The van der Waals surface area contributed by atoms with Crippen molar-refractivity contribution in [3.05, 3.63) is 10.0 Å². The molecule has 1 aromatic rings. The van der Waals surface area contributed by atoms with Crippen LogP contribution in [0.2, 0.25) is 0 Å². The summed E-state index contributed by atoms with van der Waals surface area (Å²) < 4.78 is 0. The predicted molar refractivity (Wildman–Crippen MR) is 70.1 cm³/mol. The van der Waals surface area contributed by atoms with Gasteiger partial charge in [-0.3, -0.25) is 0 Å². The smallest absolute Gasteiger partial charge is 0.122 e. The van der Waals surface area contributed by atoms with E-state index >= 15 is 0 Å². The number of hydrogen-bond donors (Lipinski definition) is 1. The van der Waals surface area contributed by atoms with Gasteiger partial charge in [-0.15, -0.1) is 21.5 Å². The van der Waals surface area contributed by atoms with Gasteiger partial charge in [0.05, 0.1) is 0 Å². The second-order valence-corrected chi connectivity index (χ2v) is 6.53. The standard InChI is InChI=1S/C12H23N3S/c1-9(2)13-8-6-7-10-14-15-11(16-10)12(3,4)5/h9,13H,6-8H2,1-5H3. The highest BCUT2D eigenvalue weighted by Crippen LogP contribution is 2.25. The minimum absolute atomic E-state index is 0.131. The van der Waals surface area contributed by atoms with E-state index in [0.29, 0.717) is 6.04 Å². The number of hydrogen-bond acceptors (Lipinski definition) is 4. The van der Waals surface area contributed by atoms with Gasteiger partial charge in [-0.25, -0.2) is 0 Å². The van der Waals surface area contributed by atoms with Gasteiger partial charge >= 0.3 is 0 Å². The van der Waals surface area contributed by atoms with E-state index in [1.54, 1.807) is 11.3 Å². The summed E-state index contributed by atoms with van der Waals surface area (Å²) in [6.07, 6.45) is 2.17. The normalized spacial score (nSPS) is 12.4. The molecule has 0 fully saturated rings. The van der Waals surface area contributed by atoms with E-state index in [4.69, 9.17) is 0 Å². The Bertz CT molecular complexity index is 312. The molecule has 0 saturated carbocycles. The van der Waals surface area contributed by atoms with Gasteiger partial charge in [0.2, 0.25) is 0 Å². The van der Waals surface area contributed by atoms with E-state index in [2.05, 4.69) is 50.1 Å². The molecule has 0 aromatic carbocycles. The SMILES string of the molecule is CC(C)NCCCc1nnc(C(C)(C)C)s1. The first-order valence-corrected chi connectivity index (χ1v) is 6.77. The molecule has 1 heterocycles. The van der Waals surface area contributed by atoms with Gasteiger partial charge in [-0.05, 0) is 13.0 Å². The Morgan fingerprint density at radius 1 is 1.25 bits per heavy atom. The zero-order valence-corrected chi connectivity index (χ0v) is 11.8. The van der Waals surface area contributed by atoms with Crippen molar-refractivity contribution in [2.45, 2.75) is 58.9 Å². The van der Waals surface area contributed by atoms with E-state index < -0.39 is 0 Å². The van der Waals surface area contributed by atoms with Crippen LogP contribution in [0.25, 0.3) is 0 Å². The Hall–Kier alpha value is -0.480. The lowest BCUT2D eigenvalue weighted by Crippen LogP contribution is -2.23. The van der Waals surface area contributed by atoms with Crippen LogP contribution in [0.1, 0.15) is 51.1 Å². The van der Waals surface area contributed by atoms with Crippen LogP contribution in [0, 0.1) is 0 Å². The molecule has 0 atom stereocenters. The van der Waals surface area contributed by atoms with Crippen LogP contribution in [0.4, 0.5) is 0 Å². The lowest BCUT2D eigenvalue weighted by molar-refractivity contribution is 0.567. The van der Waals surface area contributed by atoms with Gasteiger partial charge in [-0.1, -0.05) is 34.6 Å². The van der Waals surface area contributed by atoms with E-state index in [9.17, 15) is 0 Å². The van der Waals surface area contributed by atoms with E-state index in [1.165, 1.54) is 0 Å². The summed E-state index contributed by atoms with van der Waals surface area (Å²) >= 11 is 1.75. The summed E-state index contributed by atoms with van der Waals surface area (Å²) in [7, 11) is 0. The molecule has 0 amide bonds. The minimum Gasteiger partial charge on any atom is -0.315 e. The maximum Gasteiger partial charge on any atom is 0.122 e. The van der Waals surface area contributed by atoms with Crippen molar-refractivity contribution in [2.24, 2.45) is 0 Å². The quantitative estimate of drug-likeness (QED) is 0.806. The Kier molecular flexibility index (Phi) is 4.87. The van der Waals surface area contributed by atoms with E-state index in [1.807, 2.05) is 0 Å². The molecule has 1 aromatic heterocycles. The van der Waals surface area contributed by atoms with Gasteiger partial charge in [0.25, 0.3) is 0 Å². The lowest BCUT2D eigenvalue weighted by Gasteiger charge is -2.12. The second-order valence-electron chi connectivity index (χ2n) is 5.46. The molecule has 1 rings (SSSR count). The molecule has 0 radical (unpaired) electrons. The largest absolute Gasteiger partial charge is 0.315 e. The van der Waals surface area contributed by atoms with Gasteiger partial charge in [-0.2, -0.15) is 0 Å². The summed E-state index contributed by atoms with van der Waals surface area (Å²) in [4.78, 5) is 0. The van der Waals surface area contributed by atoms with Crippen LogP contribution in [0.3, 0.4) is 0 Å². The summed E-state index contributed by atoms with van der Waals surface area (Å²) in [5.41, 5.74) is 0.131. The molecule has 1 N–H and O–H groups in total. The number of nitrogens with zero attached hydrogens (tertiary/aromatic N) is 2. The first-order chi connectivity index (χ1) is 7.39. The lowest BCUT2D eigenvalue weighted by atomic mass is 9.98. The van der Waals surface area contributed by atoms with E-state index in [0.717, 1.165) is 29.4 Å². The number of aryl methyl sites for hydroxylation is 1. The Morgan fingerprint density at radius 2 is 1.94 bits per heavy atom. The molecule has 16 heavy (non-hydrogen) atoms. The fourth-order valence-electron chi connectivity index (χ4n) is 1.29. The average Bonchev–Trinajstić information content (AvgIpc) is 2.59. The Balaban J connectivity index is 2.36. The van der Waals surface area contributed by atoms with Gasteiger partial charge < -0.3 is 5.32 Å². The highest BCUT2D eigenvalue weighted by atomic mass is 32.1. The number of nitrogens with one attached hydrogen (secondary N) is 1. The third-order valence-corrected chi connectivity index (χ3v) is 3.64. The zero-order valence-electron chi connectivity index (χ0n) is 11.0. The van der Waals surface area contributed by atoms with Crippen molar-refractivity contribution in [1.29, 1.82) is 0 Å². The predicted octanol–water partition coefficient (Wildman–Crippen LogP) is 2.77. The molecule has 0 bridgehead atoms. The monoisotopic (exact) mass is 241 g/mol. The zero-order chi connectivity index (χ0) is 12.2. The molecule has 0 aliphatic heterocycles. The third kappa shape index (κ3) is 4.58. The highest BCUT2D eigenvalue weighted by molar-refractivity contribution is 7.11. The molecule has 0 spiro atoms. The number of rotatable bonds is 5. The van der Waals surface area contributed by atoms with Crippen LogP contribution in [-0.2, 0) is 11.8 Å². The average molecular weight is 241 g/mol. The molecule has 0 aliphatic carbocycles. The molecular weight excluding hydrogens is 218 g/mol. The molecule has 0 aliphatic rings. The van der Waals surface area contributed by atoms with Gasteiger partial charge in [0.1, 0.15) is 10.0 Å². The molecule has 0 unspecified atom stereocenters.